The summed E-state index contributed by atoms with van der Waals surface area (Å²) >= 11 is 1.48. The first-order valence-electron chi connectivity index (χ1n) is 8.99. The summed E-state index contributed by atoms with van der Waals surface area (Å²) in [7, 11) is 1.96. The van der Waals surface area contributed by atoms with Gasteiger partial charge in [0, 0.05) is 25.2 Å². The Labute approximate surface area is 153 Å². The Kier molecular flexibility index (Phi) is 5.78. The molecule has 3 rings (SSSR count). The molecule has 1 aliphatic rings. The molecule has 2 aromatic rings. The molecule has 1 aliphatic heterocycles. The van der Waals surface area contributed by atoms with E-state index in [0.29, 0.717) is 11.8 Å². The van der Waals surface area contributed by atoms with E-state index in [4.69, 9.17) is 0 Å². The van der Waals surface area contributed by atoms with Crippen LogP contribution in [0.1, 0.15) is 38.2 Å². The lowest BCUT2D eigenvalue weighted by Crippen LogP contribution is -2.44. The maximum atomic E-state index is 12.6. The Morgan fingerprint density at radius 2 is 2.00 bits per heavy atom. The van der Waals surface area contributed by atoms with Crippen LogP contribution in [0.2, 0.25) is 0 Å². The van der Waals surface area contributed by atoms with Gasteiger partial charge in [-0.2, -0.15) is 0 Å². The molecule has 1 fully saturated rings. The summed E-state index contributed by atoms with van der Waals surface area (Å²) < 4.78 is 1.97. The number of aromatic nitrogens is 3. The molecule has 1 atom stereocenters. The number of likely N-dealkylation sites (tertiary alicyclic amines) is 1. The van der Waals surface area contributed by atoms with Crippen molar-refractivity contribution in [3.8, 4) is 11.4 Å². The van der Waals surface area contributed by atoms with Crippen molar-refractivity contribution in [2.24, 2.45) is 7.05 Å². The summed E-state index contributed by atoms with van der Waals surface area (Å²) in [6.45, 7) is 5.13. The molecular formula is C19H26N4OS. The van der Waals surface area contributed by atoms with Crippen molar-refractivity contribution in [2.45, 2.75) is 50.7 Å². The predicted molar refractivity (Wildman–Crippen MR) is 102 cm³/mol. The molecule has 0 unspecified atom stereocenters. The second-order valence-corrected chi connectivity index (χ2v) is 7.61. The quantitative estimate of drug-likeness (QED) is 0.765. The van der Waals surface area contributed by atoms with Crippen molar-refractivity contribution in [1.29, 1.82) is 0 Å². The zero-order valence-electron chi connectivity index (χ0n) is 15.2. The molecule has 1 amide bonds. The van der Waals surface area contributed by atoms with Gasteiger partial charge in [0.05, 0.1) is 5.75 Å². The third-order valence-corrected chi connectivity index (χ3v) is 5.89. The van der Waals surface area contributed by atoms with Crippen molar-refractivity contribution in [2.75, 3.05) is 12.3 Å². The topological polar surface area (TPSA) is 51.0 Å². The first-order chi connectivity index (χ1) is 12.1. The van der Waals surface area contributed by atoms with Gasteiger partial charge in [-0.3, -0.25) is 4.79 Å². The Bertz CT molecular complexity index is 726. The van der Waals surface area contributed by atoms with Crippen LogP contribution in [0.4, 0.5) is 0 Å². The molecule has 0 radical (unpaired) electrons. The molecule has 25 heavy (non-hydrogen) atoms. The van der Waals surface area contributed by atoms with E-state index in [1.54, 1.807) is 0 Å². The summed E-state index contributed by atoms with van der Waals surface area (Å²) in [5.74, 6) is 1.48. The molecular weight excluding hydrogens is 332 g/mol. The van der Waals surface area contributed by atoms with Gasteiger partial charge in [0.1, 0.15) is 0 Å². The Morgan fingerprint density at radius 1 is 1.24 bits per heavy atom. The number of nitrogens with zero attached hydrogens (tertiary/aromatic N) is 4. The normalized spacial score (nSPS) is 17.7. The zero-order chi connectivity index (χ0) is 17.8. The third kappa shape index (κ3) is 4.06. The fourth-order valence-electron chi connectivity index (χ4n) is 3.36. The maximum Gasteiger partial charge on any atom is 0.233 e. The molecule has 0 bridgehead atoms. The molecule has 6 heteroatoms. The average Bonchev–Trinajstić information content (AvgIpc) is 3.01. The number of carbonyl (C=O) groups is 1. The van der Waals surface area contributed by atoms with Crippen molar-refractivity contribution in [3.63, 3.8) is 0 Å². The van der Waals surface area contributed by atoms with Crippen LogP contribution in [-0.2, 0) is 11.8 Å². The minimum atomic E-state index is 0.219. The number of rotatable bonds is 5. The highest BCUT2D eigenvalue weighted by Gasteiger charge is 2.25. The van der Waals surface area contributed by atoms with Gasteiger partial charge in [-0.25, -0.2) is 0 Å². The van der Waals surface area contributed by atoms with Gasteiger partial charge in [-0.05, 0) is 32.6 Å². The summed E-state index contributed by atoms with van der Waals surface area (Å²) in [5, 5.41) is 9.37. The first kappa shape index (κ1) is 18.0. The minimum Gasteiger partial charge on any atom is -0.339 e. The number of aryl methyl sites for hydroxylation is 1. The highest BCUT2D eigenvalue weighted by Crippen LogP contribution is 2.25. The molecule has 0 aliphatic carbocycles. The fraction of sp³-hybridized carbons (Fsp3) is 0.526. The van der Waals surface area contributed by atoms with Crippen molar-refractivity contribution in [3.05, 3.63) is 29.8 Å². The van der Waals surface area contributed by atoms with E-state index in [2.05, 4.69) is 53.2 Å². The summed E-state index contributed by atoms with van der Waals surface area (Å²) in [5.41, 5.74) is 2.26. The van der Waals surface area contributed by atoms with Gasteiger partial charge in [0.2, 0.25) is 5.91 Å². The molecule has 0 N–H and O–H groups in total. The zero-order valence-corrected chi connectivity index (χ0v) is 16.1. The minimum absolute atomic E-state index is 0.219. The Morgan fingerprint density at radius 3 is 2.72 bits per heavy atom. The molecule has 0 saturated carbocycles. The van der Waals surface area contributed by atoms with Crippen LogP contribution in [0.25, 0.3) is 11.4 Å². The lowest BCUT2D eigenvalue weighted by atomic mass is 10.0. The van der Waals surface area contributed by atoms with Gasteiger partial charge in [0.15, 0.2) is 11.0 Å². The smallest absolute Gasteiger partial charge is 0.233 e. The SMILES string of the molecule is CC[C@H]1CCCCN1C(=O)CSc1nnc(-c2ccc(C)cc2)n1C. The van der Waals surface area contributed by atoms with E-state index >= 15 is 0 Å². The molecule has 1 aromatic carbocycles. The van der Waals surface area contributed by atoms with Crippen LogP contribution in [0.5, 0.6) is 0 Å². The van der Waals surface area contributed by atoms with Crippen LogP contribution in [-0.4, -0.2) is 43.9 Å². The molecule has 134 valence electrons. The second kappa shape index (κ2) is 8.04. The number of carbonyl (C=O) groups excluding carboxylic acids is 1. The van der Waals surface area contributed by atoms with Gasteiger partial charge in [-0.1, -0.05) is 48.5 Å². The number of hydrogen-bond acceptors (Lipinski definition) is 4. The Balaban J connectivity index is 1.65. The molecule has 1 saturated heterocycles. The maximum absolute atomic E-state index is 12.6. The van der Waals surface area contributed by atoms with E-state index in [9.17, 15) is 4.79 Å². The Hall–Kier alpha value is -1.82. The van der Waals surface area contributed by atoms with E-state index < -0.39 is 0 Å². The summed E-state index contributed by atoms with van der Waals surface area (Å²) in [4.78, 5) is 14.7. The fourth-order valence-corrected chi connectivity index (χ4v) is 4.15. The lowest BCUT2D eigenvalue weighted by Gasteiger charge is -2.35. The predicted octanol–water partition coefficient (Wildman–Crippen LogP) is 3.67. The highest BCUT2D eigenvalue weighted by atomic mass is 32.2. The van der Waals surface area contributed by atoms with Crippen LogP contribution in [0, 0.1) is 6.92 Å². The molecule has 0 spiro atoms. The van der Waals surface area contributed by atoms with Crippen LogP contribution >= 0.6 is 11.8 Å². The van der Waals surface area contributed by atoms with E-state index in [1.807, 2.05) is 11.6 Å². The van der Waals surface area contributed by atoms with Gasteiger partial charge in [0.25, 0.3) is 0 Å². The molecule has 1 aromatic heterocycles. The van der Waals surface area contributed by atoms with Crippen molar-refractivity contribution in [1.82, 2.24) is 19.7 Å². The van der Waals surface area contributed by atoms with Crippen LogP contribution < -0.4 is 0 Å². The lowest BCUT2D eigenvalue weighted by molar-refractivity contribution is -0.132. The third-order valence-electron chi connectivity index (χ3n) is 4.89. The highest BCUT2D eigenvalue weighted by molar-refractivity contribution is 7.99. The number of amides is 1. The number of piperidine rings is 1. The number of benzene rings is 1. The molecule has 2 heterocycles. The monoisotopic (exact) mass is 358 g/mol. The van der Waals surface area contributed by atoms with Crippen LogP contribution in [0.15, 0.2) is 29.4 Å². The standard InChI is InChI=1S/C19H26N4OS/c1-4-16-7-5-6-12-23(16)17(24)13-25-19-21-20-18(22(19)3)15-10-8-14(2)9-11-15/h8-11,16H,4-7,12-13H2,1-3H3/t16-/m0/s1. The van der Waals surface area contributed by atoms with Gasteiger partial charge >= 0.3 is 0 Å². The van der Waals surface area contributed by atoms with E-state index in [0.717, 1.165) is 42.4 Å². The van der Waals surface area contributed by atoms with Gasteiger partial charge in [-0.15, -0.1) is 10.2 Å². The largest absolute Gasteiger partial charge is 0.339 e. The summed E-state index contributed by atoms with van der Waals surface area (Å²) in [6, 6.07) is 8.66. The number of thioether (sulfide) groups is 1. The van der Waals surface area contributed by atoms with E-state index in [-0.39, 0.29) is 5.91 Å². The van der Waals surface area contributed by atoms with Crippen molar-refractivity contribution >= 4 is 17.7 Å². The first-order valence-corrected chi connectivity index (χ1v) is 9.97. The van der Waals surface area contributed by atoms with Gasteiger partial charge < -0.3 is 9.47 Å². The number of hydrogen-bond donors (Lipinski definition) is 0. The summed E-state index contributed by atoms with van der Waals surface area (Å²) in [6.07, 6.45) is 4.53. The second-order valence-electron chi connectivity index (χ2n) is 6.66. The van der Waals surface area contributed by atoms with Crippen molar-refractivity contribution < 1.29 is 4.79 Å². The average molecular weight is 359 g/mol. The van der Waals surface area contributed by atoms with Crippen LogP contribution in [0.3, 0.4) is 0 Å². The molecule has 5 nitrogen and oxygen atoms in total. The van der Waals surface area contributed by atoms with E-state index in [1.165, 1.54) is 23.7 Å².